The Morgan fingerprint density at radius 3 is 2.76 bits per heavy atom. The Labute approximate surface area is 101 Å². The first-order valence-corrected chi connectivity index (χ1v) is 5.84. The van der Waals surface area contributed by atoms with Crippen LogP contribution in [0.5, 0.6) is 5.75 Å². The van der Waals surface area contributed by atoms with Crippen LogP contribution in [0.15, 0.2) is 24.3 Å². The quantitative estimate of drug-likeness (QED) is 0.867. The highest BCUT2D eigenvalue weighted by Gasteiger charge is 2.24. The van der Waals surface area contributed by atoms with Crippen molar-refractivity contribution < 1.29 is 19.3 Å². The molecule has 0 aliphatic carbocycles. The number of ether oxygens (including phenoxy) is 3. The van der Waals surface area contributed by atoms with E-state index in [9.17, 15) is 5.11 Å². The van der Waals surface area contributed by atoms with Gasteiger partial charge in [-0.3, -0.25) is 0 Å². The molecule has 0 bridgehead atoms. The van der Waals surface area contributed by atoms with E-state index in [0.717, 1.165) is 24.2 Å². The average molecular weight is 238 g/mol. The summed E-state index contributed by atoms with van der Waals surface area (Å²) in [5, 5.41) is 9.66. The second kappa shape index (κ2) is 6.00. The van der Waals surface area contributed by atoms with E-state index in [0.29, 0.717) is 13.2 Å². The lowest BCUT2D eigenvalue weighted by atomic mass is 10.1. The van der Waals surface area contributed by atoms with Crippen molar-refractivity contribution in [3.05, 3.63) is 29.8 Å². The van der Waals surface area contributed by atoms with E-state index >= 15 is 0 Å². The molecule has 0 radical (unpaired) electrons. The summed E-state index contributed by atoms with van der Waals surface area (Å²) in [6.07, 6.45) is 0.629. The maximum absolute atomic E-state index is 9.66. The van der Waals surface area contributed by atoms with Gasteiger partial charge in [-0.1, -0.05) is 12.1 Å². The zero-order valence-electron chi connectivity index (χ0n) is 9.96. The number of methoxy groups -OCH3 is 1. The summed E-state index contributed by atoms with van der Waals surface area (Å²) in [7, 11) is 1.64. The van der Waals surface area contributed by atoms with Crippen molar-refractivity contribution in [1.29, 1.82) is 0 Å². The summed E-state index contributed by atoms with van der Waals surface area (Å²) in [5.74, 6) is 0.822. The second-order valence-electron chi connectivity index (χ2n) is 4.11. The topological polar surface area (TPSA) is 47.9 Å². The molecule has 4 nitrogen and oxygen atoms in total. The van der Waals surface area contributed by atoms with Crippen LogP contribution in [-0.2, 0) is 16.1 Å². The van der Waals surface area contributed by atoms with Crippen molar-refractivity contribution in [3.63, 3.8) is 0 Å². The fourth-order valence-electron chi connectivity index (χ4n) is 1.80. The first-order valence-electron chi connectivity index (χ1n) is 5.84. The molecule has 17 heavy (non-hydrogen) atoms. The van der Waals surface area contributed by atoms with Gasteiger partial charge >= 0.3 is 0 Å². The summed E-state index contributed by atoms with van der Waals surface area (Å²) in [4.78, 5) is 0. The predicted molar refractivity (Wildman–Crippen MR) is 62.8 cm³/mol. The number of aliphatic hydroxyl groups excluding tert-OH is 1. The minimum Gasteiger partial charge on any atom is -0.497 e. The van der Waals surface area contributed by atoms with Crippen molar-refractivity contribution in [2.45, 2.75) is 31.8 Å². The van der Waals surface area contributed by atoms with E-state index in [1.54, 1.807) is 7.11 Å². The first-order chi connectivity index (χ1) is 8.29. The van der Waals surface area contributed by atoms with Crippen LogP contribution in [0.2, 0.25) is 0 Å². The molecule has 0 unspecified atom stereocenters. The Kier molecular flexibility index (Phi) is 4.36. The lowest BCUT2D eigenvalue weighted by Crippen LogP contribution is -2.36. The first kappa shape index (κ1) is 12.4. The SMILES string of the molecule is COc1ccc(CO[C@@H]2OCCC[C@H]2O)cc1. The summed E-state index contributed by atoms with van der Waals surface area (Å²) < 4.78 is 16.0. The smallest absolute Gasteiger partial charge is 0.183 e. The number of aliphatic hydroxyl groups is 1. The molecular weight excluding hydrogens is 220 g/mol. The minimum atomic E-state index is -0.512. The largest absolute Gasteiger partial charge is 0.497 e. The molecule has 0 aromatic heterocycles. The van der Waals surface area contributed by atoms with Crippen LogP contribution < -0.4 is 4.74 Å². The molecule has 0 spiro atoms. The zero-order valence-corrected chi connectivity index (χ0v) is 9.96. The van der Waals surface area contributed by atoms with Crippen molar-refractivity contribution in [2.75, 3.05) is 13.7 Å². The summed E-state index contributed by atoms with van der Waals surface area (Å²) in [6.45, 7) is 1.09. The molecule has 1 aliphatic heterocycles. The average Bonchev–Trinajstić information content (AvgIpc) is 2.38. The standard InChI is InChI=1S/C13H18O4/c1-15-11-6-4-10(5-7-11)9-17-13-12(14)3-2-8-16-13/h4-7,12-14H,2-3,8-9H2,1H3/t12-,13+/m1/s1. The lowest BCUT2D eigenvalue weighted by Gasteiger charge is -2.27. The van der Waals surface area contributed by atoms with Crippen LogP contribution in [0.4, 0.5) is 0 Å². The highest BCUT2D eigenvalue weighted by molar-refractivity contribution is 5.26. The predicted octanol–water partition coefficient (Wildman–Crippen LogP) is 1.71. The molecule has 1 N–H and O–H groups in total. The van der Waals surface area contributed by atoms with Crippen LogP contribution in [0, 0.1) is 0 Å². The van der Waals surface area contributed by atoms with Crippen LogP contribution >= 0.6 is 0 Å². The van der Waals surface area contributed by atoms with E-state index in [1.807, 2.05) is 24.3 Å². The Hall–Kier alpha value is -1.10. The van der Waals surface area contributed by atoms with Crippen molar-refractivity contribution in [3.8, 4) is 5.75 Å². The van der Waals surface area contributed by atoms with Gasteiger partial charge in [0.25, 0.3) is 0 Å². The van der Waals surface area contributed by atoms with Gasteiger partial charge in [-0.15, -0.1) is 0 Å². The van der Waals surface area contributed by atoms with E-state index in [-0.39, 0.29) is 0 Å². The number of benzene rings is 1. The van der Waals surface area contributed by atoms with Gasteiger partial charge in [-0.05, 0) is 30.5 Å². The number of rotatable bonds is 4. The third-order valence-corrected chi connectivity index (χ3v) is 2.81. The highest BCUT2D eigenvalue weighted by atomic mass is 16.7. The van der Waals surface area contributed by atoms with E-state index in [4.69, 9.17) is 14.2 Å². The van der Waals surface area contributed by atoms with Crippen LogP contribution in [0.3, 0.4) is 0 Å². The fraction of sp³-hybridized carbons (Fsp3) is 0.538. The minimum absolute atomic E-state index is 0.436. The monoisotopic (exact) mass is 238 g/mol. The third kappa shape index (κ3) is 3.43. The molecule has 1 heterocycles. The molecule has 0 amide bonds. The summed E-state index contributed by atoms with van der Waals surface area (Å²) >= 11 is 0. The summed E-state index contributed by atoms with van der Waals surface area (Å²) in [6, 6.07) is 7.65. The van der Waals surface area contributed by atoms with Gasteiger partial charge in [-0.2, -0.15) is 0 Å². The van der Waals surface area contributed by atoms with Gasteiger partial charge in [-0.25, -0.2) is 0 Å². The Bertz CT molecular complexity index is 336. The maximum atomic E-state index is 9.66. The van der Waals surface area contributed by atoms with Gasteiger partial charge in [0, 0.05) is 6.61 Å². The molecule has 1 fully saturated rings. The molecule has 0 saturated carbocycles. The van der Waals surface area contributed by atoms with Gasteiger partial charge in [0.05, 0.1) is 13.7 Å². The highest BCUT2D eigenvalue weighted by Crippen LogP contribution is 2.17. The molecule has 1 aliphatic rings. The molecular formula is C13H18O4. The molecule has 1 aromatic rings. The molecule has 2 rings (SSSR count). The number of hydrogen-bond donors (Lipinski definition) is 1. The van der Waals surface area contributed by atoms with E-state index in [2.05, 4.69) is 0 Å². The molecule has 1 aromatic carbocycles. The third-order valence-electron chi connectivity index (χ3n) is 2.81. The van der Waals surface area contributed by atoms with Crippen LogP contribution in [-0.4, -0.2) is 31.2 Å². The van der Waals surface area contributed by atoms with Crippen LogP contribution in [0.1, 0.15) is 18.4 Å². The van der Waals surface area contributed by atoms with Gasteiger partial charge in [0.1, 0.15) is 11.9 Å². The van der Waals surface area contributed by atoms with Crippen molar-refractivity contribution in [1.82, 2.24) is 0 Å². The normalized spacial score (nSPS) is 24.6. The zero-order chi connectivity index (χ0) is 12.1. The molecule has 94 valence electrons. The molecule has 4 heteroatoms. The Morgan fingerprint density at radius 1 is 1.35 bits per heavy atom. The van der Waals surface area contributed by atoms with Crippen LogP contribution in [0.25, 0.3) is 0 Å². The van der Waals surface area contributed by atoms with Gasteiger partial charge in [0.2, 0.25) is 0 Å². The Balaban J connectivity index is 1.84. The number of hydrogen-bond acceptors (Lipinski definition) is 4. The van der Waals surface area contributed by atoms with Gasteiger partial charge < -0.3 is 19.3 Å². The molecule has 2 atom stereocenters. The fourth-order valence-corrected chi connectivity index (χ4v) is 1.80. The van der Waals surface area contributed by atoms with Crippen molar-refractivity contribution in [2.24, 2.45) is 0 Å². The van der Waals surface area contributed by atoms with E-state index < -0.39 is 12.4 Å². The summed E-state index contributed by atoms with van der Waals surface area (Å²) in [5.41, 5.74) is 1.03. The molecule has 1 saturated heterocycles. The van der Waals surface area contributed by atoms with Crippen molar-refractivity contribution >= 4 is 0 Å². The van der Waals surface area contributed by atoms with E-state index in [1.165, 1.54) is 0 Å². The second-order valence-corrected chi connectivity index (χ2v) is 4.11. The Morgan fingerprint density at radius 2 is 2.12 bits per heavy atom. The maximum Gasteiger partial charge on any atom is 0.183 e. The van der Waals surface area contributed by atoms with Gasteiger partial charge in [0.15, 0.2) is 6.29 Å². The lowest BCUT2D eigenvalue weighted by molar-refractivity contribution is -0.219.